The molecule has 0 N–H and O–H groups in total. The van der Waals surface area contributed by atoms with Crippen molar-refractivity contribution in [1.82, 2.24) is 14.9 Å². The van der Waals surface area contributed by atoms with E-state index < -0.39 is 11.9 Å². The van der Waals surface area contributed by atoms with Gasteiger partial charge in [0.05, 0.1) is 6.42 Å². The Hall–Kier alpha value is -2.71. The summed E-state index contributed by atoms with van der Waals surface area (Å²) in [4.78, 5) is 22.8. The molecule has 138 valence electrons. The van der Waals surface area contributed by atoms with E-state index in [1.54, 1.807) is 21.9 Å². The van der Waals surface area contributed by atoms with Crippen LogP contribution in [0.3, 0.4) is 0 Å². The Kier molecular flexibility index (Phi) is 5.06. The maximum Gasteiger partial charge on any atom is 0.433 e. The van der Waals surface area contributed by atoms with Gasteiger partial charge in [-0.15, -0.1) is 0 Å². The Labute approximate surface area is 147 Å². The van der Waals surface area contributed by atoms with Crippen LogP contribution in [-0.2, 0) is 17.4 Å². The maximum absolute atomic E-state index is 12.9. The Bertz CT molecular complexity index is 771. The van der Waals surface area contributed by atoms with E-state index in [1.807, 2.05) is 0 Å². The van der Waals surface area contributed by atoms with E-state index in [4.69, 9.17) is 0 Å². The van der Waals surface area contributed by atoms with Gasteiger partial charge in [0.25, 0.3) is 0 Å². The zero-order chi connectivity index (χ0) is 18.7. The molecule has 1 aromatic heterocycles. The lowest BCUT2D eigenvalue weighted by molar-refractivity contribution is -0.141. The Morgan fingerprint density at radius 2 is 1.69 bits per heavy atom. The van der Waals surface area contributed by atoms with Gasteiger partial charge in [-0.25, -0.2) is 14.4 Å². The van der Waals surface area contributed by atoms with Gasteiger partial charge in [0.1, 0.15) is 23.7 Å². The summed E-state index contributed by atoms with van der Waals surface area (Å²) in [6.07, 6.45) is -3.47. The summed E-state index contributed by atoms with van der Waals surface area (Å²) in [5, 5.41) is 0. The minimum absolute atomic E-state index is 0.102. The highest BCUT2D eigenvalue weighted by atomic mass is 19.4. The number of anilines is 1. The first kappa shape index (κ1) is 18.1. The van der Waals surface area contributed by atoms with Crippen molar-refractivity contribution in [1.29, 1.82) is 0 Å². The minimum Gasteiger partial charge on any atom is -0.353 e. The molecular weight excluding hydrogens is 352 g/mol. The molecule has 26 heavy (non-hydrogen) atoms. The summed E-state index contributed by atoms with van der Waals surface area (Å²) in [6.45, 7) is 1.52. The van der Waals surface area contributed by atoms with Crippen LogP contribution in [0.1, 0.15) is 11.3 Å². The number of aromatic nitrogens is 2. The molecule has 2 heterocycles. The van der Waals surface area contributed by atoms with Crippen molar-refractivity contribution in [3.63, 3.8) is 0 Å². The molecule has 0 spiro atoms. The maximum atomic E-state index is 12.9. The number of halogens is 4. The van der Waals surface area contributed by atoms with Crippen LogP contribution in [0.25, 0.3) is 0 Å². The van der Waals surface area contributed by atoms with Crippen LogP contribution in [0.5, 0.6) is 0 Å². The molecule has 1 amide bonds. The fraction of sp³-hybridized carbons (Fsp3) is 0.353. The summed E-state index contributed by atoms with van der Waals surface area (Å²) in [6, 6.07) is 6.63. The second-order valence-corrected chi connectivity index (χ2v) is 5.93. The van der Waals surface area contributed by atoms with Crippen molar-refractivity contribution in [3.05, 3.63) is 53.7 Å². The molecule has 1 aliphatic heterocycles. The van der Waals surface area contributed by atoms with Crippen LogP contribution in [0.4, 0.5) is 23.4 Å². The first-order valence-corrected chi connectivity index (χ1v) is 7.99. The number of piperazine rings is 1. The molecule has 5 nitrogen and oxygen atoms in total. The Morgan fingerprint density at radius 1 is 1.04 bits per heavy atom. The predicted octanol–water partition coefficient (Wildman–Crippen LogP) is 2.53. The van der Waals surface area contributed by atoms with Crippen molar-refractivity contribution in [3.8, 4) is 0 Å². The standard InChI is InChI=1S/C17H16F4N4O/c18-13-3-1-12(2-4-13)9-16(26)25-7-5-24(6-8-25)15-10-14(17(19,20)21)22-11-23-15/h1-4,10-11H,5-9H2. The van der Waals surface area contributed by atoms with Gasteiger partial charge in [0.15, 0.2) is 0 Å². The molecule has 2 aromatic rings. The molecule has 0 bridgehead atoms. The average molecular weight is 368 g/mol. The van der Waals surface area contributed by atoms with E-state index >= 15 is 0 Å². The van der Waals surface area contributed by atoms with Crippen LogP contribution >= 0.6 is 0 Å². The third kappa shape index (κ3) is 4.27. The van der Waals surface area contributed by atoms with E-state index in [-0.39, 0.29) is 24.0 Å². The molecule has 0 atom stereocenters. The smallest absolute Gasteiger partial charge is 0.353 e. The second-order valence-electron chi connectivity index (χ2n) is 5.93. The number of amides is 1. The lowest BCUT2D eigenvalue weighted by Crippen LogP contribution is -2.49. The Morgan fingerprint density at radius 3 is 2.31 bits per heavy atom. The zero-order valence-electron chi connectivity index (χ0n) is 13.7. The number of nitrogens with zero attached hydrogens (tertiary/aromatic N) is 4. The topological polar surface area (TPSA) is 49.3 Å². The monoisotopic (exact) mass is 368 g/mol. The molecule has 1 saturated heterocycles. The molecule has 3 rings (SSSR count). The van der Waals surface area contributed by atoms with E-state index in [0.717, 1.165) is 12.4 Å². The molecule has 1 aromatic carbocycles. The molecular formula is C17H16F4N4O. The highest BCUT2D eigenvalue weighted by Crippen LogP contribution is 2.29. The van der Waals surface area contributed by atoms with Crippen molar-refractivity contribution >= 4 is 11.7 Å². The van der Waals surface area contributed by atoms with Crippen molar-refractivity contribution in [2.45, 2.75) is 12.6 Å². The highest BCUT2D eigenvalue weighted by Gasteiger charge is 2.33. The van der Waals surface area contributed by atoms with E-state index in [0.29, 0.717) is 31.7 Å². The summed E-state index contributed by atoms with van der Waals surface area (Å²) in [5.41, 5.74) is -0.276. The van der Waals surface area contributed by atoms with Gasteiger partial charge in [0.2, 0.25) is 5.91 Å². The number of benzene rings is 1. The molecule has 0 unspecified atom stereocenters. The van der Waals surface area contributed by atoms with Gasteiger partial charge in [-0.3, -0.25) is 4.79 Å². The van der Waals surface area contributed by atoms with Gasteiger partial charge in [0, 0.05) is 32.2 Å². The highest BCUT2D eigenvalue weighted by molar-refractivity contribution is 5.79. The fourth-order valence-electron chi connectivity index (χ4n) is 2.75. The first-order chi connectivity index (χ1) is 12.3. The first-order valence-electron chi connectivity index (χ1n) is 7.99. The molecule has 1 aliphatic rings. The summed E-state index contributed by atoms with van der Waals surface area (Å²) in [7, 11) is 0. The molecule has 9 heteroatoms. The minimum atomic E-state index is -4.52. The van der Waals surface area contributed by atoms with E-state index in [2.05, 4.69) is 9.97 Å². The number of carbonyl (C=O) groups excluding carboxylic acids is 1. The fourth-order valence-corrected chi connectivity index (χ4v) is 2.75. The van der Waals surface area contributed by atoms with Crippen molar-refractivity contribution in [2.75, 3.05) is 31.1 Å². The summed E-state index contributed by atoms with van der Waals surface area (Å²) in [5.74, 6) is -0.272. The van der Waals surface area contributed by atoms with Crippen LogP contribution in [0, 0.1) is 5.82 Å². The summed E-state index contributed by atoms with van der Waals surface area (Å²) >= 11 is 0. The van der Waals surface area contributed by atoms with Crippen molar-refractivity contribution < 1.29 is 22.4 Å². The molecule has 0 radical (unpaired) electrons. The molecule has 1 fully saturated rings. The third-order valence-corrected chi connectivity index (χ3v) is 4.17. The predicted molar refractivity (Wildman–Crippen MR) is 85.9 cm³/mol. The Balaban J connectivity index is 1.59. The zero-order valence-corrected chi connectivity index (χ0v) is 13.7. The third-order valence-electron chi connectivity index (χ3n) is 4.17. The van der Waals surface area contributed by atoms with Crippen LogP contribution in [-0.4, -0.2) is 47.0 Å². The lowest BCUT2D eigenvalue weighted by Gasteiger charge is -2.35. The van der Waals surface area contributed by atoms with Crippen LogP contribution in [0.15, 0.2) is 36.7 Å². The quantitative estimate of drug-likeness (QED) is 0.782. The van der Waals surface area contributed by atoms with Crippen LogP contribution in [0.2, 0.25) is 0 Å². The number of rotatable bonds is 3. The normalized spacial score (nSPS) is 15.2. The number of alkyl halides is 3. The second kappa shape index (κ2) is 7.27. The lowest BCUT2D eigenvalue weighted by atomic mass is 10.1. The van der Waals surface area contributed by atoms with E-state index in [9.17, 15) is 22.4 Å². The van der Waals surface area contributed by atoms with Gasteiger partial charge in [-0.2, -0.15) is 13.2 Å². The number of hydrogen-bond acceptors (Lipinski definition) is 4. The van der Waals surface area contributed by atoms with Gasteiger partial charge in [-0.1, -0.05) is 12.1 Å². The summed E-state index contributed by atoms with van der Waals surface area (Å²) < 4.78 is 51.2. The molecule has 0 aliphatic carbocycles. The molecule has 0 saturated carbocycles. The largest absolute Gasteiger partial charge is 0.433 e. The van der Waals surface area contributed by atoms with Gasteiger partial charge < -0.3 is 9.80 Å². The van der Waals surface area contributed by atoms with Gasteiger partial charge >= 0.3 is 6.18 Å². The van der Waals surface area contributed by atoms with Crippen molar-refractivity contribution in [2.24, 2.45) is 0 Å². The number of hydrogen-bond donors (Lipinski definition) is 0. The van der Waals surface area contributed by atoms with Gasteiger partial charge in [-0.05, 0) is 17.7 Å². The van der Waals surface area contributed by atoms with E-state index in [1.165, 1.54) is 12.1 Å². The van der Waals surface area contributed by atoms with Crippen LogP contribution < -0.4 is 4.90 Å². The SMILES string of the molecule is O=C(Cc1ccc(F)cc1)N1CCN(c2cc(C(F)(F)F)ncn2)CC1. The number of carbonyl (C=O) groups is 1. The average Bonchev–Trinajstić information content (AvgIpc) is 2.63.